The highest BCUT2D eigenvalue weighted by atomic mass is 127. The van der Waals surface area contributed by atoms with E-state index < -0.39 is 0 Å². The number of ether oxygens (including phenoxy) is 3. The van der Waals surface area contributed by atoms with Gasteiger partial charge in [0.15, 0.2) is 11.5 Å². The Morgan fingerprint density at radius 2 is 1.58 bits per heavy atom. The summed E-state index contributed by atoms with van der Waals surface area (Å²) in [6, 6.07) is 5.17. The number of nitrogens with zero attached hydrogens (tertiary/aromatic N) is 2. The fourth-order valence-electron chi connectivity index (χ4n) is 6.77. The molecule has 2 fully saturated rings. The van der Waals surface area contributed by atoms with E-state index in [1.165, 1.54) is 60.8 Å². The molecule has 3 aliphatic heterocycles. The standard InChI is InChI=1S/C26H44N2O3.2HI/c1-20(31-19-22-9-8-13-28(3)12-7-6-10-24(22)28)17-27(2)14-11-21-15-25(29-4)26(30-5)16-23(21)18-27;;/h15-16,20,22,24H,6-14,17-19H2,1-5H3;2*1H/q+2;;/p-2. The van der Waals surface area contributed by atoms with Gasteiger partial charge < -0.3 is 71.1 Å². The van der Waals surface area contributed by atoms with Crippen molar-refractivity contribution in [2.45, 2.75) is 64.1 Å². The first kappa shape index (κ1) is 29.4. The lowest BCUT2D eigenvalue weighted by Crippen LogP contribution is -3.00. The number of methoxy groups -OCH3 is 2. The summed E-state index contributed by atoms with van der Waals surface area (Å²) in [6.45, 7) is 9.23. The molecule has 5 atom stereocenters. The Hall–Kier alpha value is 0.160. The van der Waals surface area contributed by atoms with Crippen LogP contribution < -0.4 is 57.4 Å². The van der Waals surface area contributed by atoms with E-state index in [-0.39, 0.29) is 54.1 Å². The van der Waals surface area contributed by atoms with Crippen LogP contribution in [-0.4, -0.2) is 82.2 Å². The molecule has 0 radical (unpaired) electrons. The van der Waals surface area contributed by atoms with Crippen molar-refractivity contribution in [3.63, 3.8) is 0 Å². The van der Waals surface area contributed by atoms with Crippen molar-refractivity contribution in [3.05, 3.63) is 23.3 Å². The Labute approximate surface area is 235 Å². The van der Waals surface area contributed by atoms with Gasteiger partial charge in [-0.1, -0.05) is 0 Å². The number of fused-ring (bicyclic) bond motifs is 2. The van der Waals surface area contributed by atoms with E-state index in [1.54, 1.807) is 14.2 Å². The fourth-order valence-corrected chi connectivity index (χ4v) is 6.77. The second kappa shape index (κ2) is 12.4. The van der Waals surface area contributed by atoms with Crippen LogP contribution in [0.25, 0.3) is 0 Å². The molecule has 5 unspecified atom stereocenters. The van der Waals surface area contributed by atoms with E-state index in [4.69, 9.17) is 14.2 Å². The van der Waals surface area contributed by atoms with E-state index in [0.717, 1.165) is 60.6 Å². The van der Waals surface area contributed by atoms with Crippen molar-refractivity contribution >= 4 is 0 Å². The van der Waals surface area contributed by atoms with Gasteiger partial charge in [-0.3, -0.25) is 0 Å². The Balaban J connectivity index is 0.00000193. The van der Waals surface area contributed by atoms with Crippen molar-refractivity contribution in [2.75, 3.05) is 61.1 Å². The minimum absolute atomic E-state index is 0. The van der Waals surface area contributed by atoms with E-state index in [1.807, 2.05) is 0 Å². The highest BCUT2D eigenvalue weighted by Gasteiger charge is 2.43. The van der Waals surface area contributed by atoms with Crippen LogP contribution >= 0.6 is 0 Å². The average Bonchev–Trinajstić information content (AvgIpc) is 2.75. The Kier molecular flexibility index (Phi) is 11.1. The number of hydrogen-bond donors (Lipinski definition) is 0. The van der Waals surface area contributed by atoms with Crippen LogP contribution in [0.3, 0.4) is 0 Å². The molecule has 0 aliphatic carbocycles. The van der Waals surface area contributed by atoms with Gasteiger partial charge in [0.1, 0.15) is 19.2 Å². The lowest BCUT2D eigenvalue weighted by Gasteiger charge is -2.51. The molecule has 0 aromatic heterocycles. The number of likely N-dealkylation sites (N-methyl/N-ethyl adjacent to an activating group) is 1. The first-order valence-corrected chi connectivity index (χ1v) is 12.4. The van der Waals surface area contributed by atoms with E-state index in [2.05, 4.69) is 33.2 Å². The molecule has 7 heteroatoms. The number of halogens is 2. The zero-order valence-corrected chi connectivity index (χ0v) is 25.6. The Bertz CT molecular complexity index is 776. The van der Waals surface area contributed by atoms with Gasteiger partial charge in [-0.25, -0.2) is 0 Å². The minimum atomic E-state index is 0. The molecule has 190 valence electrons. The van der Waals surface area contributed by atoms with Crippen LogP contribution in [0, 0.1) is 5.92 Å². The molecule has 33 heavy (non-hydrogen) atoms. The van der Waals surface area contributed by atoms with E-state index in [0.29, 0.717) is 0 Å². The van der Waals surface area contributed by atoms with Crippen LogP contribution in [-0.2, 0) is 17.7 Å². The molecule has 0 N–H and O–H groups in total. The van der Waals surface area contributed by atoms with E-state index >= 15 is 0 Å². The molecule has 0 bridgehead atoms. The summed E-state index contributed by atoms with van der Waals surface area (Å²) in [4.78, 5) is 0. The third-order valence-corrected chi connectivity index (χ3v) is 8.48. The summed E-state index contributed by atoms with van der Waals surface area (Å²) >= 11 is 0. The molecule has 1 aromatic rings. The number of benzene rings is 1. The zero-order valence-electron chi connectivity index (χ0n) is 21.2. The predicted molar refractivity (Wildman–Crippen MR) is 125 cm³/mol. The molecule has 2 saturated heterocycles. The first-order chi connectivity index (χ1) is 14.9. The summed E-state index contributed by atoms with van der Waals surface area (Å²) in [7, 11) is 8.32. The number of quaternary nitrogens is 2. The van der Waals surface area contributed by atoms with Crippen LogP contribution in [0.5, 0.6) is 11.5 Å². The van der Waals surface area contributed by atoms with Crippen molar-refractivity contribution < 1.29 is 71.1 Å². The Morgan fingerprint density at radius 3 is 2.27 bits per heavy atom. The van der Waals surface area contributed by atoms with Gasteiger partial charge in [0.25, 0.3) is 0 Å². The molecule has 4 rings (SSSR count). The lowest BCUT2D eigenvalue weighted by atomic mass is 9.82. The second-order valence-electron chi connectivity index (χ2n) is 10.9. The maximum atomic E-state index is 6.54. The molecule has 3 heterocycles. The molecular weight excluding hydrogens is 642 g/mol. The maximum absolute atomic E-state index is 6.54. The third-order valence-electron chi connectivity index (χ3n) is 8.48. The third kappa shape index (κ3) is 6.68. The number of rotatable bonds is 7. The topological polar surface area (TPSA) is 27.7 Å². The predicted octanol–water partition coefficient (Wildman–Crippen LogP) is -1.97. The van der Waals surface area contributed by atoms with Gasteiger partial charge in [0.2, 0.25) is 0 Å². The van der Waals surface area contributed by atoms with Gasteiger partial charge in [-0.15, -0.1) is 0 Å². The summed E-state index contributed by atoms with van der Waals surface area (Å²) in [5, 5.41) is 0. The van der Waals surface area contributed by atoms with Crippen molar-refractivity contribution in [2.24, 2.45) is 5.92 Å². The molecule has 3 aliphatic rings. The highest BCUT2D eigenvalue weighted by molar-refractivity contribution is 5.47. The summed E-state index contributed by atoms with van der Waals surface area (Å²) in [5.74, 6) is 2.42. The smallest absolute Gasteiger partial charge is 0.161 e. The van der Waals surface area contributed by atoms with Gasteiger partial charge in [-0.2, -0.15) is 0 Å². The van der Waals surface area contributed by atoms with E-state index in [9.17, 15) is 0 Å². The maximum Gasteiger partial charge on any atom is 0.161 e. The quantitative estimate of drug-likeness (QED) is 0.247. The van der Waals surface area contributed by atoms with Crippen LogP contribution in [0.15, 0.2) is 12.1 Å². The van der Waals surface area contributed by atoms with Crippen molar-refractivity contribution in [3.8, 4) is 11.5 Å². The van der Waals surface area contributed by atoms with Gasteiger partial charge in [0, 0.05) is 24.3 Å². The van der Waals surface area contributed by atoms with Gasteiger partial charge in [-0.05, 0) is 50.3 Å². The molecule has 5 nitrogen and oxygen atoms in total. The largest absolute Gasteiger partial charge is 1.00 e. The number of hydrogen-bond acceptors (Lipinski definition) is 3. The van der Waals surface area contributed by atoms with Gasteiger partial charge >= 0.3 is 0 Å². The summed E-state index contributed by atoms with van der Waals surface area (Å²) in [6.07, 6.45) is 8.31. The lowest BCUT2D eigenvalue weighted by molar-refractivity contribution is -0.947. The highest BCUT2D eigenvalue weighted by Crippen LogP contribution is 2.37. The normalized spacial score (nSPS) is 31.8. The molecule has 0 amide bonds. The van der Waals surface area contributed by atoms with Crippen LogP contribution in [0.2, 0.25) is 0 Å². The SMILES string of the molecule is COc1cc2c(cc1OC)C[N+](C)(CC(C)OCC1CCC[N+]3(C)CCCCC13)CC2.[I-].[I-]. The fraction of sp³-hybridized carbons (Fsp3) is 0.769. The second-order valence-corrected chi connectivity index (χ2v) is 10.9. The summed E-state index contributed by atoms with van der Waals surface area (Å²) in [5.41, 5.74) is 2.79. The molecule has 0 saturated carbocycles. The van der Waals surface area contributed by atoms with Crippen molar-refractivity contribution in [1.29, 1.82) is 0 Å². The van der Waals surface area contributed by atoms with Crippen molar-refractivity contribution in [1.82, 2.24) is 0 Å². The molecule has 0 spiro atoms. The van der Waals surface area contributed by atoms with Gasteiger partial charge in [0.05, 0.1) is 60.6 Å². The zero-order chi connectivity index (χ0) is 22.1. The first-order valence-electron chi connectivity index (χ1n) is 12.4. The Morgan fingerprint density at radius 1 is 0.909 bits per heavy atom. The van der Waals surface area contributed by atoms with Crippen LogP contribution in [0.1, 0.15) is 50.2 Å². The molecule has 1 aromatic carbocycles. The van der Waals surface area contributed by atoms with Crippen LogP contribution in [0.4, 0.5) is 0 Å². The average molecular weight is 686 g/mol. The summed E-state index contributed by atoms with van der Waals surface area (Å²) < 4.78 is 19.9. The molecular formula is C26H44I2N2O3. The number of piperidine rings is 2. The monoisotopic (exact) mass is 686 g/mol. The minimum Gasteiger partial charge on any atom is -1.00 e.